The third-order valence-electron chi connectivity index (χ3n) is 5.66. The van der Waals surface area contributed by atoms with Crippen LogP contribution in [-0.2, 0) is 12.8 Å². The van der Waals surface area contributed by atoms with Crippen LogP contribution in [0.1, 0.15) is 36.0 Å². The second kappa shape index (κ2) is 7.81. The van der Waals surface area contributed by atoms with Gasteiger partial charge in [0, 0.05) is 30.5 Å². The first-order valence-electron chi connectivity index (χ1n) is 9.65. The normalized spacial score (nSPS) is 17.1. The van der Waals surface area contributed by atoms with Gasteiger partial charge in [0.25, 0.3) is 0 Å². The lowest BCUT2D eigenvalue weighted by Crippen LogP contribution is -2.41. The lowest BCUT2D eigenvalue weighted by Gasteiger charge is -2.36. The van der Waals surface area contributed by atoms with Crippen molar-refractivity contribution in [2.75, 3.05) is 23.7 Å². The van der Waals surface area contributed by atoms with Crippen molar-refractivity contribution in [3.63, 3.8) is 0 Å². The van der Waals surface area contributed by atoms with Crippen LogP contribution in [0.15, 0.2) is 42.5 Å². The molecule has 2 aromatic carbocycles. The highest BCUT2D eigenvalue weighted by Crippen LogP contribution is 2.28. The van der Waals surface area contributed by atoms with Gasteiger partial charge in [-0.2, -0.15) is 5.26 Å². The van der Waals surface area contributed by atoms with Crippen LogP contribution in [0.4, 0.5) is 16.2 Å². The minimum Gasteiger partial charge on any atom is -0.308 e. The zero-order valence-corrected chi connectivity index (χ0v) is 15.4. The number of nitrogens with one attached hydrogen (secondary N) is 2. The Labute approximate surface area is 160 Å². The molecular formula is C22H24N4O. The number of amides is 2. The zero-order valence-electron chi connectivity index (χ0n) is 15.4. The molecular weight excluding hydrogens is 336 g/mol. The van der Waals surface area contributed by atoms with Crippen molar-refractivity contribution in [1.82, 2.24) is 4.90 Å². The Balaban J connectivity index is 1.38. The van der Waals surface area contributed by atoms with E-state index in [1.165, 1.54) is 30.4 Å². The molecule has 5 heteroatoms. The van der Waals surface area contributed by atoms with Crippen molar-refractivity contribution in [2.24, 2.45) is 0 Å². The van der Waals surface area contributed by atoms with Gasteiger partial charge >= 0.3 is 6.03 Å². The highest BCUT2D eigenvalue weighted by molar-refractivity contribution is 5.99. The van der Waals surface area contributed by atoms with Crippen LogP contribution in [0.25, 0.3) is 0 Å². The van der Waals surface area contributed by atoms with Crippen molar-refractivity contribution >= 4 is 17.4 Å². The van der Waals surface area contributed by atoms with Gasteiger partial charge in [-0.15, -0.1) is 0 Å². The molecule has 0 bridgehead atoms. The van der Waals surface area contributed by atoms with Gasteiger partial charge in [0.15, 0.2) is 0 Å². The van der Waals surface area contributed by atoms with Gasteiger partial charge in [0.05, 0.1) is 11.6 Å². The van der Waals surface area contributed by atoms with Crippen LogP contribution in [0, 0.1) is 11.3 Å². The number of anilines is 2. The van der Waals surface area contributed by atoms with Gasteiger partial charge in [-0.25, -0.2) is 4.79 Å². The van der Waals surface area contributed by atoms with Crippen LogP contribution in [-0.4, -0.2) is 30.1 Å². The van der Waals surface area contributed by atoms with E-state index in [9.17, 15) is 4.79 Å². The standard InChI is InChI=1S/C22H24N4O/c23-15-16-4-7-19(8-5-16)24-22(27)25-20-9-6-17-10-12-26(21-2-1-3-21)13-11-18(17)14-20/h4-9,14,21H,1-3,10-13H2,(H2,24,25,27). The molecule has 138 valence electrons. The Hall–Kier alpha value is -2.84. The summed E-state index contributed by atoms with van der Waals surface area (Å²) in [5, 5.41) is 14.6. The van der Waals surface area contributed by atoms with Crippen molar-refractivity contribution in [3.8, 4) is 6.07 Å². The maximum absolute atomic E-state index is 12.3. The molecule has 2 amide bonds. The Kier molecular flexibility index (Phi) is 5.08. The van der Waals surface area contributed by atoms with E-state index in [1.54, 1.807) is 24.3 Å². The fourth-order valence-corrected chi connectivity index (χ4v) is 3.86. The molecule has 1 heterocycles. The number of carbonyl (C=O) groups excluding carboxylic acids is 1. The Morgan fingerprint density at radius 2 is 1.63 bits per heavy atom. The lowest BCUT2D eigenvalue weighted by molar-refractivity contribution is 0.133. The van der Waals surface area contributed by atoms with Crippen LogP contribution in [0.5, 0.6) is 0 Å². The second-order valence-electron chi connectivity index (χ2n) is 7.37. The van der Waals surface area contributed by atoms with Crippen LogP contribution in [0.2, 0.25) is 0 Å². The highest BCUT2D eigenvalue weighted by Gasteiger charge is 2.26. The quantitative estimate of drug-likeness (QED) is 0.864. The van der Waals surface area contributed by atoms with Gasteiger partial charge in [-0.05, 0) is 73.2 Å². The number of nitriles is 1. The molecule has 0 unspecified atom stereocenters. The van der Waals surface area contributed by atoms with Gasteiger partial charge in [0.2, 0.25) is 0 Å². The molecule has 0 spiro atoms. The van der Waals surface area contributed by atoms with Crippen LogP contribution in [0.3, 0.4) is 0 Å². The van der Waals surface area contributed by atoms with Crippen molar-refractivity contribution in [2.45, 2.75) is 38.1 Å². The molecule has 0 aromatic heterocycles. The summed E-state index contributed by atoms with van der Waals surface area (Å²) in [5.74, 6) is 0. The number of nitrogens with zero attached hydrogens (tertiary/aromatic N) is 2. The molecule has 5 nitrogen and oxygen atoms in total. The van der Waals surface area contributed by atoms with E-state index in [0.29, 0.717) is 11.3 Å². The third kappa shape index (κ3) is 4.12. The summed E-state index contributed by atoms with van der Waals surface area (Å²) in [6.07, 6.45) is 6.19. The average Bonchev–Trinajstić information content (AvgIpc) is 2.83. The number of carbonyl (C=O) groups is 1. The van der Waals surface area contributed by atoms with E-state index in [4.69, 9.17) is 5.26 Å². The molecule has 2 aromatic rings. The summed E-state index contributed by atoms with van der Waals surface area (Å²) in [7, 11) is 0. The molecule has 0 saturated heterocycles. The summed E-state index contributed by atoms with van der Waals surface area (Å²) in [4.78, 5) is 14.9. The number of hydrogen-bond donors (Lipinski definition) is 2. The number of rotatable bonds is 3. The topological polar surface area (TPSA) is 68.2 Å². The summed E-state index contributed by atoms with van der Waals surface area (Å²) in [6.45, 7) is 2.25. The molecule has 1 aliphatic heterocycles. The molecule has 1 fully saturated rings. The maximum Gasteiger partial charge on any atom is 0.323 e. The predicted molar refractivity (Wildman–Crippen MR) is 107 cm³/mol. The largest absolute Gasteiger partial charge is 0.323 e. The Morgan fingerprint density at radius 1 is 0.963 bits per heavy atom. The van der Waals surface area contributed by atoms with E-state index < -0.39 is 0 Å². The fourth-order valence-electron chi connectivity index (χ4n) is 3.86. The average molecular weight is 360 g/mol. The summed E-state index contributed by atoms with van der Waals surface area (Å²) >= 11 is 0. The van der Waals surface area contributed by atoms with Gasteiger partial charge in [-0.3, -0.25) is 4.90 Å². The predicted octanol–water partition coefficient (Wildman–Crippen LogP) is 4.16. The second-order valence-corrected chi connectivity index (χ2v) is 7.37. The smallest absolute Gasteiger partial charge is 0.308 e. The van der Waals surface area contributed by atoms with Gasteiger partial charge < -0.3 is 10.6 Å². The first kappa shape index (κ1) is 17.6. The van der Waals surface area contributed by atoms with Crippen molar-refractivity contribution < 1.29 is 4.79 Å². The Bertz CT molecular complexity index is 865. The first-order valence-corrected chi connectivity index (χ1v) is 9.65. The summed E-state index contributed by atoms with van der Waals surface area (Å²) in [5.41, 5.74) is 4.79. The molecule has 1 aliphatic carbocycles. The number of benzene rings is 2. The number of fused-ring (bicyclic) bond motifs is 1. The van der Waals surface area contributed by atoms with Gasteiger partial charge in [-0.1, -0.05) is 12.5 Å². The molecule has 0 atom stereocenters. The molecule has 0 radical (unpaired) electrons. The highest BCUT2D eigenvalue weighted by atomic mass is 16.2. The fraction of sp³-hybridized carbons (Fsp3) is 0.364. The monoisotopic (exact) mass is 360 g/mol. The molecule has 2 N–H and O–H groups in total. The van der Waals surface area contributed by atoms with E-state index in [-0.39, 0.29) is 6.03 Å². The molecule has 27 heavy (non-hydrogen) atoms. The van der Waals surface area contributed by atoms with Crippen LogP contribution < -0.4 is 10.6 Å². The van der Waals surface area contributed by atoms with E-state index in [2.05, 4.69) is 33.7 Å². The van der Waals surface area contributed by atoms with Crippen molar-refractivity contribution in [3.05, 3.63) is 59.2 Å². The van der Waals surface area contributed by atoms with E-state index in [0.717, 1.165) is 37.7 Å². The molecule has 4 rings (SSSR count). The number of hydrogen-bond acceptors (Lipinski definition) is 3. The molecule has 2 aliphatic rings. The third-order valence-corrected chi connectivity index (χ3v) is 5.66. The summed E-state index contributed by atoms with van der Waals surface area (Å²) in [6, 6.07) is 15.6. The zero-order chi connectivity index (χ0) is 18.6. The first-order chi connectivity index (χ1) is 13.2. The number of urea groups is 1. The molecule has 1 saturated carbocycles. The minimum absolute atomic E-state index is 0.274. The Morgan fingerprint density at radius 3 is 2.30 bits per heavy atom. The summed E-state index contributed by atoms with van der Waals surface area (Å²) < 4.78 is 0. The van der Waals surface area contributed by atoms with Crippen LogP contribution >= 0.6 is 0 Å². The van der Waals surface area contributed by atoms with E-state index >= 15 is 0 Å². The maximum atomic E-state index is 12.3. The van der Waals surface area contributed by atoms with Gasteiger partial charge in [0.1, 0.15) is 0 Å². The van der Waals surface area contributed by atoms with E-state index in [1.807, 2.05) is 6.07 Å². The minimum atomic E-state index is -0.274. The SMILES string of the molecule is N#Cc1ccc(NC(=O)Nc2ccc3c(c2)CCN(C2CCC2)CC3)cc1. The lowest BCUT2D eigenvalue weighted by atomic mass is 9.91. The van der Waals surface area contributed by atoms with Crippen molar-refractivity contribution in [1.29, 1.82) is 5.26 Å².